The second-order valence-corrected chi connectivity index (χ2v) is 4.06. The van der Waals surface area contributed by atoms with E-state index in [0.29, 0.717) is 0 Å². The van der Waals surface area contributed by atoms with Crippen molar-refractivity contribution >= 4 is 0 Å². The van der Waals surface area contributed by atoms with Crippen molar-refractivity contribution in [2.24, 2.45) is 0 Å². The molecule has 2 aliphatic heterocycles. The van der Waals surface area contributed by atoms with E-state index in [-0.39, 0.29) is 0 Å². The zero-order valence-electron chi connectivity index (χ0n) is 8.01. The molecule has 1 N–H and O–H groups in total. The molecule has 2 atom stereocenters. The lowest BCUT2D eigenvalue weighted by Gasteiger charge is -2.27. The van der Waals surface area contributed by atoms with Gasteiger partial charge in [-0.25, -0.2) is 0 Å². The van der Waals surface area contributed by atoms with Gasteiger partial charge < -0.3 is 5.32 Å². The fourth-order valence-electron chi connectivity index (χ4n) is 2.25. The number of allylic oxidation sites excluding steroid dienone is 1. The van der Waals surface area contributed by atoms with Gasteiger partial charge in [-0.2, -0.15) is 0 Å². The molecule has 0 aliphatic carbocycles. The fourth-order valence-corrected chi connectivity index (χ4v) is 2.25. The molecule has 12 heavy (non-hydrogen) atoms. The van der Waals surface area contributed by atoms with E-state index in [1.807, 2.05) is 0 Å². The summed E-state index contributed by atoms with van der Waals surface area (Å²) in [6.45, 7) is 8.00. The lowest BCUT2D eigenvalue weighted by molar-refractivity contribution is 0.244. The maximum Gasteiger partial charge on any atom is 0.0240 e. The van der Waals surface area contributed by atoms with E-state index in [9.17, 15) is 0 Å². The molecule has 68 valence electrons. The fraction of sp³-hybridized carbons (Fsp3) is 0.800. The van der Waals surface area contributed by atoms with E-state index in [2.05, 4.69) is 30.1 Å². The summed E-state index contributed by atoms with van der Waals surface area (Å²) >= 11 is 0. The molecule has 2 aliphatic rings. The Morgan fingerprint density at radius 3 is 3.00 bits per heavy atom. The molecule has 2 bridgehead atoms. The Balaban J connectivity index is 1.91. The van der Waals surface area contributed by atoms with Gasteiger partial charge in [0.25, 0.3) is 0 Å². The summed E-state index contributed by atoms with van der Waals surface area (Å²) in [5.74, 6) is 0. The third-order valence-corrected chi connectivity index (χ3v) is 3.12. The number of nitrogens with zero attached hydrogens (tertiary/aromatic N) is 1. The first kappa shape index (κ1) is 8.27. The standard InChI is InChI=1S/C10H18N2/c1-3-8(2)6-12-7-9-4-10(12)5-11-9/h3,9-11H,4-7H2,1-2H3. The quantitative estimate of drug-likeness (QED) is 0.616. The highest BCUT2D eigenvalue weighted by Crippen LogP contribution is 2.23. The van der Waals surface area contributed by atoms with Gasteiger partial charge in [0.2, 0.25) is 0 Å². The Hall–Kier alpha value is -0.340. The van der Waals surface area contributed by atoms with Crippen molar-refractivity contribution in [2.45, 2.75) is 32.4 Å². The number of hydrogen-bond donors (Lipinski definition) is 1. The van der Waals surface area contributed by atoms with E-state index in [1.54, 1.807) is 0 Å². The van der Waals surface area contributed by atoms with Crippen molar-refractivity contribution in [1.82, 2.24) is 10.2 Å². The van der Waals surface area contributed by atoms with Crippen LogP contribution in [0.1, 0.15) is 20.3 Å². The first-order chi connectivity index (χ1) is 5.79. The smallest absolute Gasteiger partial charge is 0.0240 e. The van der Waals surface area contributed by atoms with Gasteiger partial charge in [0, 0.05) is 31.7 Å². The van der Waals surface area contributed by atoms with Gasteiger partial charge >= 0.3 is 0 Å². The van der Waals surface area contributed by atoms with Crippen molar-refractivity contribution in [1.29, 1.82) is 0 Å². The largest absolute Gasteiger partial charge is 0.311 e. The minimum absolute atomic E-state index is 0.791. The third kappa shape index (κ3) is 1.41. The van der Waals surface area contributed by atoms with Gasteiger partial charge in [-0.15, -0.1) is 0 Å². The van der Waals surface area contributed by atoms with Crippen molar-refractivity contribution in [3.05, 3.63) is 11.6 Å². The highest BCUT2D eigenvalue weighted by Gasteiger charge is 2.36. The molecule has 0 radical (unpaired) electrons. The molecule has 0 aromatic heterocycles. The van der Waals surface area contributed by atoms with Crippen LogP contribution < -0.4 is 5.32 Å². The number of rotatable bonds is 2. The molecule has 0 saturated carbocycles. The van der Waals surface area contributed by atoms with Crippen LogP contribution in [0, 0.1) is 0 Å². The molecular weight excluding hydrogens is 148 g/mol. The number of likely N-dealkylation sites (tertiary alicyclic amines) is 1. The Labute approximate surface area is 74.6 Å². The minimum Gasteiger partial charge on any atom is -0.311 e. The first-order valence-corrected chi connectivity index (χ1v) is 4.89. The van der Waals surface area contributed by atoms with Crippen LogP contribution in [-0.2, 0) is 0 Å². The monoisotopic (exact) mass is 166 g/mol. The van der Waals surface area contributed by atoms with Gasteiger partial charge in [-0.1, -0.05) is 11.6 Å². The molecule has 2 nitrogen and oxygen atoms in total. The molecular formula is C10H18N2. The summed E-state index contributed by atoms with van der Waals surface area (Å²) in [4.78, 5) is 2.61. The van der Waals surface area contributed by atoms with E-state index >= 15 is 0 Å². The topological polar surface area (TPSA) is 15.3 Å². The van der Waals surface area contributed by atoms with Crippen LogP contribution in [0.3, 0.4) is 0 Å². The first-order valence-electron chi connectivity index (χ1n) is 4.89. The van der Waals surface area contributed by atoms with E-state index < -0.39 is 0 Å². The SMILES string of the molecule is CC=C(C)CN1CC2CC1CN2. The predicted molar refractivity (Wildman–Crippen MR) is 51.2 cm³/mol. The van der Waals surface area contributed by atoms with Gasteiger partial charge in [0.05, 0.1) is 0 Å². The molecule has 0 amide bonds. The van der Waals surface area contributed by atoms with Crippen LogP contribution in [0.4, 0.5) is 0 Å². The summed E-state index contributed by atoms with van der Waals surface area (Å²) in [5, 5.41) is 3.52. The maximum absolute atomic E-state index is 3.52. The zero-order chi connectivity index (χ0) is 8.55. The molecule has 0 aromatic rings. The third-order valence-electron chi connectivity index (χ3n) is 3.12. The molecule has 2 heteroatoms. The predicted octanol–water partition coefficient (Wildman–Crippen LogP) is 0.999. The Bertz CT molecular complexity index is 198. The van der Waals surface area contributed by atoms with Crippen molar-refractivity contribution in [3.8, 4) is 0 Å². The molecule has 2 rings (SSSR count). The van der Waals surface area contributed by atoms with E-state index in [4.69, 9.17) is 0 Å². The summed E-state index contributed by atoms with van der Waals surface area (Å²) in [6, 6.07) is 1.62. The molecule has 2 unspecified atom stereocenters. The average molecular weight is 166 g/mol. The Kier molecular flexibility index (Phi) is 2.20. The van der Waals surface area contributed by atoms with Crippen molar-refractivity contribution in [2.75, 3.05) is 19.6 Å². The second-order valence-electron chi connectivity index (χ2n) is 4.06. The highest BCUT2D eigenvalue weighted by molar-refractivity contribution is 5.05. The number of hydrogen-bond acceptors (Lipinski definition) is 2. The molecule has 2 fully saturated rings. The summed E-state index contributed by atoms with van der Waals surface area (Å²) in [5.41, 5.74) is 1.50. The van der Waals surface area contributed by atoms with E-state index in [0.717, 1.165) is 12.1 Å². The van der Waals surface area contributed by atoms with E-state index in [1.165, 1.54) is 31.6 Å². The Morgan fingerprint density at radius 2 is 2.50 bits per heavy atom. The number of nitrogens with one attached hydrogen (secondary N) is 1. The maximum atomic E-state index is 3.52. The van der Waals surface area contributed by atoms with Crippen LogP contribution in [-0.4, -0.2) is 36.6 Å². The highest BCUT2D eigenvalue weighted by atomic mass is 15.3. The van der Waals surface area contributed by atoms with Crippen LogP contribution in [0.2, 0.25) is 0 Å². The van der Waals surface area contributed by atoms with Gasteiger partial charge in [-0.3, -0.25) is 4.90 Å². The van der Waals surface area contributed by atoms with Gasteiger partial charge in [-0.05, 0) is 20.3 Å². The number of piperazine rings is 1. The summed E-state index contributed by atoms with van der Waals surface area (Å²) in [6.07, 6.45) is 3.59. The molecule has 0 aromatic carbocycles. The summed E-state index contributed by atoms with van der Waals surface area (Å²) in [7, 11) is 0. The number of fused-ring (bicyclic) bond motifs is 2. The van der Waals surface area contributed by atoms with Crippen LogP contribution >= 0.6 is 0 Å². The second kappa shape index (κ2) is 3.19. The summed E-state index contributed by atoms with van der Waals surface area (Å²) < 4.78 is 0. The molecule has 2 heterocycles. The minimum atomic E-state index is 0.791. The van der Waals surface area contributed by atoms with Gasteiger partial charge in [0.1, 0.15) is 0 Å². The normalized spacial score (nSPS) is 36.3. The van der Waals surface area contributed by atoms with Crippen molar-refractivity contribution in [3.63, 3.8) is 0 Å². The van der Waals surface area contributed by atoms with Crippen LogP contribution in [0.15, 0.2) is 11.6 Å². The Morgan fingerprint density at radius 1 is 1.67 bits per heavy atom. The van der Waals surface area contributed by atoms with Crippen LogP contribution in [0.25, 0.3) is 0 Å². The average Bonchev–Trinajstić information content (AvgIpc) is 2.64. The molecule has 0 spiro atoms. The van der Waals surface area contributed by atoms with Crippen LogP contribution in [0.5, 0.6) is 0 Å². The molecule has 2 saturated heterocycles. The zero-order valence-corrected chi connectivity index (χ0v) is 8.01. The van der Waals surface area contributed by atoms with Gasteiger partial charge in [0.15, 0.2) is 0 Å². The lowest BCUT2D eigenvalue weighted by Crippen LogP contribution is -2.44. The van der Waals surface area contributed by atoms with Crippen molar-refractivity contribution < 1.29 is 0 Å². The lowest BCUT2D eigenvalue weighted by atomic mass is 10.2.